The van der Waals surface area contributed by atoms with Gasteiger partial charge in [0.25, 0.3) is 0 Å². The summed E-state index contributed by atoms with van der Waals surface area (Å²) in [4.78, 5) is 14.5. The fourth-order valence-corrected chi connectivity index (χ4v) is 3.26. The maximum atomic E-state index is 12.7. The fraction of sp³-hybridized carbons (Fsp3) is 0.933. The van der Waals surface area contributed by atoms with Crippen molar-refractivity contribution in [1.82, 2.24) is 4.90 Å². The van der Waals surface area contributed by atoms with E-state index in [4.69, 9.17) is 4.74 Å². The summed E-state index contributed by atoms with van der Waals surface area (Å²) >= 11 is 0. The highest BCUT2D eigenvalue weighted by Gasteiger charge is 2.42. The van der Waals surface area contributed by atoms with Crippen LogP contribution in [-0.2, 0) is 9.53 Å². The van der Waals surface area contributed by atoms with Gasteiger partial charge in [0.1, 0.15) is 0 Å². The molecule has 1 N–H and O–H groups in total. The number of rotatable bonds is 4. The minimum absolute atomic E-state index is 0.0111. The van der Waals surface area contributed by atoms with E-state index in [1.54, 1.807) is 12.0 Å². The second kappa shape index (κ2) is 5.80. The van der Waals surface area contributed by atoms with Crippen molar-refractivity contribution in [3.05, 3.63) is 0 Å². The van der Waals surface area contributed by atoms with Crippen LogP contribution in [0.15, 0.2) is 0 Å². The zero-order valence-corrected chi connectivity index (χ0v) is 13.2. The van der Waals surface area contributed by atoms with Gasteiger partial charge in [-0.2, -0.15) is 0 Å². The molecule has 0 spiro atoms. The fourth-order valence-electron chi connectivity index (χ4n) is 3.26. The van der Waals surface area contributed by atoms with Crippen LogP contribution in [0, 0.1) is 10.8 Å². The van der Waals surface area contributed by atoms with Gasteiger partial charge in [0.15, 0.2) is 0 Å². The summed E-state index contributed by atoms with van der Waals surface area (Å²) in [6.45, 7) is 11.0. The molecule has 0 saturated carbocycles. The number of hydrogen-bond donors (Lipinski definition) is 1. The third kappa shape index (κ3) is 4.18. The molecule has 0 aromatic rings. The SMILES string of the molecule is COC1CC(CO)N(C(=O)C(C)(C)CC(C)(C)C)C1. The first kappa shape index (κ1) is 16.4. The number of carbonyl (C=O) groups excluding carboxylic acids is 1. The number of amides is 1. The number of aliphatic hydroxyl groups excluding tert-OH is 1. The van der Waals surface area contributed by atoms with E-state index in [9.17, 15) is 9.90 Å². The molecule has 0 bridgehead atoms. The van der Waals surface area contributed by atoms with Gasteiger partial charge in [-0.25, -0.2) is 0 Å². The van der Waals surface area contributed by atoms with Gasteiger partial charge in [0.2, 0.25) is 5.91 Å². The Labute approximate surface area is 117 Å². The average molecular weight is 271 g/mol. The van der Waals surface area contributed by atoms with E-state index in [2.05, 4.69) is 20.8 Å². The van der Waals surface area contributed by atoms with Crippen molar-refractivity contribution in [2.45, 2.75) is 59.6 Å². The van der Waals surface area contributed by atoms with E-state index in [1.807, 2.05) is 13.8 Å². The summed E-state index contributed by atoms with van der Waals surface area (Å²) in [7, 11) is 1.66. The number of methoxy groups -OCH3 is 1. The molecular formula is C15H29NO3. The monoisotopic (exact) mass is 271 g/mol. The standard InChI is InChI=1S/C15H29NO3/c1-14(2,3)10-15(4,5)13(18)16-8-12(19-6)7-11(16)9-17/h11-12,17H,7-10H2,1-6H3. The van der Waals surface area contributed by atoms with Gasteiger partial charge in [-0.1, -0.05) is 34.6 Å². The molecule has 1 aliphatic rings. The molecule has 0 aliphatic carbocycles. The molecule has 1 rings (SSSR count). The predicted octanol–water partition coefficient (Wildman–Crippen LogP) is 2.06. The summed E-state index contributed by atoms with van der Waals surface area (Å²) in [6.07, 6.45) is 1.60. The summed E-state index contributed by atoms with van der Waals surface area (Å²) in [5, 5.41) is 9.45. The summed E-state index contributed by atoms with van der Waals surface area (Å²) in [5.74, 6) is 0.126. The molecule has 1 fully saturated rings. The van der Waals surface area contributed by atoms with Crippen molar-refractivity contribution >= 4 is 5.91 Å². The Morgan fingerprint density at radius 2 is 1.89 bits per heavy atom. The van der Waals surface area contributed by atoms with Crippen molar-refractivity contribution < 1.29 is 14.6 Å². The first-order valence-electron chi connectivity index (χ1n) is 7.05. The Morgan fingerprint density at radius 1 is 1.32 bits per heavy atom. The molecule has 1 aliphatic heterocycles. The van der Waals surface area contributed by atoms with Gasteiger partial charge in [0.05, 0.1) is 18.8 Å². The molecule has 1 heterocycles. The van der Waals surface area contributed by atoms with Crippen LogP contribution in [-0.4, -0.2) is 48.3 Å². The number of carbonyl (C=O) groups is 1. The maximum Gasteiger partial charge on any atom is 0.228 e. The quantitative estimate of drug-likeness (QED) is 0.851. The number of likely N-dealkylation sites (tertiary alicyclic amines) is 1. The Balaban J connectivity index is 2.81. The van der Waals surface area contributed by atoms with Crippen molar-refractivity contribution in [3.8, 4) is 0 Å². The van der Waals surface area contributed by atoms with Gasteiger partial charge in [-0.15, -0.1) is 0 Å². The van der Waals surface area contributed by atoms with E-state index in [1.165, 1.54) is 0 Å². The van der Waals surface area contributed by atoms with Crippen molar-refractivity contribution in [2.75, 3.05) is 20.3 Å². The molecule has 4 heteroatoms. The van der Waals surface area contributed by atoms with Crippen LogP contribution >= 0.6 is 0 Å². The number of ether oxygens (including phenoxy) is 1. The lowest BCUT2D eigenvalue weighted by molar-refractivity contribution is -0.144. The molecule has 112 valence electrons. The third-order valence-corrected chi connectivity index (χ3v) is 3.73. The van der Waals surface area contributed by atoms with E-state index in [0.717, 1.165) is 12.8 Å². The van der Waals surface area contributed by atoms with Crippen LogP contribution in [0.5, 0.6) is 0 Å². The van der Waals surface area contributed by atoms with Crippen LogP contribution in [0.25, 0.3) is 0 Å². The maximum absolute atomic E-state index is 12.7. The number of aliphatic hydroxyl groups is 1. The first-order valence-corrected chi connectivity index (χ1v) is 7.05. The van der Waals surface area contributed by atoms with E-state index in [-0.39, 0.29) is 30.1 Å². The molecule has 0 aromatic carbocycles. The van der Waals surface area contributed by atoms with Gasteiger partial charge in [-0.05, 0) is 18.3 Å². The van der Waals surface area contributed by atoms with E-state index < -0.39 is 5.41 Å². The minimum atomic E-state index is -0.408. The van der Waals surface area contributed by atoms with Crippen LogP contribution in [0.3, 0.4) is 0 Å². The Morgan fingerprint density at radius 3 is 2.32 bits per heavy atom. The third-order valence-electron chi connectivity index (χ3n) is 3.73. The molecule has 19 heavy (non-hydrogen) atoms. The highest BCUT2D eigenvalue weighted by Crippen LogP contribution is 2.36. The largest absolute Gasteiger partial charge is 0.394 e. The van der Waals surface area contributed by atoms with Crippen molar-refractivity contribution in [2.24, 2.45) is 10.8 Å². The predicted molar refractivity (Wildman–Crippen MR) is 75.9 cm³/mol. The zero-order valence-electron chi connectivity index (χ0n) is 13.2. The van der Waals surface area contributed by atoms with Crippen LogP contribution < -0.4 is 0 Å². The van der Waals surface area contributed by atoms with E-state index in [0.29, 0.717) is 6.54 Å². The molecule has 0 aromatic heterocycles. The zero-order chi connectivity index (χ0) is 14.8. The number of hydrogen-bond acceptors (Lipinski definition) is 3. The molecule has 1 amide bonds. The highest BCUT2D eigenvalue weighted by atomic mass is 16.5. The van der Waals surface area contributed by atoms with Gasteiger partial charge in [-0.3, -0.25) is 4.79 Å². The van der Waals surface area contributed by atoms with Crippen LogP contribution in [0.4, 0.5) is 0 Å². The molecule has 4 nitrogen and oxygen atoms in total. The second-order valence-corrected chi connectivity index (χ2v) is 7.51. The van der Waals surface area contributed by atoms with Crippen molar-refractivity contribution in [3.63, 3.8) is 0 Å². The van der Waals surface area contributed by atoms with Gasteiger partial charge < -0.3 is 14.7 Å². The summed E-state index contributed by atoms with van der Waals surface area (Å²) in [5.41, 5.74) is -0.303. The second-order valence-electron chi connectivity index (χ2n) is 7.51. The smallest absolute Gasteiger partial charge is 0.228 e. The molecular weight excluding hydrogens is 242 g/mol. The topological polar surface area (TPSA) is 49.8 Å². The summed E-state index contributed by atoms with van der Waals surface area (Å²) in [6, 6.07) is -0.100. The Hall–Kier alpha value is -0.610. The van der Waals surface area contributed by atoms with E-state index >= 15 is 0 Å². The molecule has 0 radical (unpaired) electrons. The lowest BCUT2D eigenvalue weighted by Gasteiger charge is -2.36. The van der Waals surface area contributed by atoms with Gasteiger partial charge >= 0.3 is 0 Å². The Kier molecular flexibility index (Phi) is 5.02. The normalized spacial score (nSPS) is 24.9. The highest BCUT2D eigenvalue weighted by molar-refractivity contribution is 5.82. The van der Waals surface area contributed by atoms with Crippen LogP contribution in [0.1, 0.15) is 47.5 Å². The average Bonchev–Trinajstić information content (AvgIpc) is 2.67. The molecule has 2 unspecified atom stereocenters. The minimum Gasteiger partial charge on any atom is -0.394 e. The first-order chi connectivity index (χ1) is 8.60. The number of nitrogens with zero attached hydrogens (tertiary/aromatic N) is 1. The molecule has 2 atom stereocenters. The molecule has 1 saturated heterocycles. The lowest BCUT2D eigenvalue weighted by atomic mass is 9.75. The van der Waals surface area contributed by atoms with Gasteiger partial charge in [0, 0.05) is 19.1 Å². The van der Waals surface area contributed by atoms with Crippen LogP contribution in [0.2, 0.25) is 0 Å². The Bertz CT molecular complexity index is 320. The lowest BCUT2D eigenvalue weighted by Crippen LogP contribution is -2.46. The summed E-state index contributed by atoms with van der Waals surface area (Å²) < 4.78 is 5.33. The van der Waals surface area contributed by atoms with Crippen molar-refractivity contribution in [1.29, 1.82) is 0 Å².